The van der Waals surface area contributed by atoms with Crippen LogP contribution in [0.5, 0.6) is 0 Å². The monoisotopic (exact) mass is 354 g/mol. The van der Waals surface area contributed by atoms with E-state index in [0.29, 0.717) is 26.2 Å². The van der Waals surface area contributed by atoms with Crippen molar-refractivity contribution in [3.8, 4) is 0 Å². The number of carbonyl (C=O) groups excluding carboxylic acids is 1. The molecule has 1 aromatic heterocycles. The fraction of sp³-hybridized carbons (Fsp3) is 0.625. The molecule has 2 heterocycles. The molecule has 1 fully saturated rings. The fourth-order valence-electron chi connectivity index (χ4n) is 3.01. The number of amides is 1. The van der Waals surface area contributed by atoms with Gasteiger partial charge in [-0.05, 0) is 25.0 Å². The maximum Gasteiger partial charge on any atom is 0.282 e. The Kier molecular flexibility index (Phi) is 6.31. The summed E-state index contributed by atoms with van der Waals surface area (Å²) >= 11 is 0. The van der Waals surface area contributed by atoms with Crippen LogP contribution >= 0.6 is 0 Å². The molecule has 1 N–H and O–H groups in total. The van der Waals surface area contributed by atoms with Crippen molar-refractivity contribution in [3.63, 3.8) is 0 Å². The van der Waals surface area contributed by atoms with Crippen LogP contribution in [-0.4, -0.2) is 47.6 Å². The molecule has 24 heavy (non-hydrogen) atoms. The highest BCUT2D eigenvalue weighted by Crippen LogP contribution is 2.34. The normalized spacial score (nSPS) is 18.9. The number of hydrogen-bond acceptors (Lipinski definition) is 4. The number of hydrogen-bond donors (Lipinski definition) is 1. The molecule has 2 rings (SSSR count). The summed E-state index contributed by atoms with van der Waals surface area (Å²) < 4.78 is 28.7. The number of aromatic nitrogens is 1. The van der Waals surface area contributed by atoms with Gasteiger partial charge in [0, 0.05) is 26.6 Å². The molecule has 0 radical (unpaired) electrons. The number of nitrogens with one attached hydrogen (secondary N) is 1. The molecule has 0 saturated carbocycles. The van der Waals surface area contributed by atoms with Crippen LogP contribution < -0.4 is 5.32 Å². The van der Waals surface area contributed by atoms with Crippen molar-refractivity contribution >= 4 is 16.1 Å². The predicted octanol–water partition coefficient (Wildman–Crippen LogP) is 1.44. The van der Waals surface area contributed by atoms with Crippen LogP contribution in [0.2, 0.25) is 0 Å². The van der Waals surface area contributed by atoms with Gasteiger partial charge in [-0.15, -0.1) is 0 Å². The molecule has 1 saturated heterocycles. The Morgan fingerprint density at radius 3 is 2.71 bits per heavy atom. The number of rotatable bonds is 7. The first-order valence-electron chi connectivity index (χ1n) is 8.37. The molecular formula is C16H26N4O3S. The van der Waals surface area contributed by atoms with Crippen molar-refractivity contribution in [1.29, 1.82) is 0 Å². The summed E-state index contributed by atoms with van der Waals surface area (Å²) in [6, 6.07) is 5.31. The summed E-state index contributed by atoms with van der Waals surface area (Å²) in [5.74, 6) is -0.117. The van der Waals surface area contributed by atoms with E-state index in [1.165, 1.54) is 11.2 Å². The lowest BCUT2D eigenvalue weighted by Gasteiger charge is -2.29. The average Bonchev–Trinajstić information content (AvgIpc) is 3.04. The zero-order valence-electron chi connectivity index (χ0n) is 14.5. The summed E-state index contributed by atoms with van der Waals surface area (Å²) in [6.07, 6.45) is 1.58. The van der Waals surface area contributed by atoms with Gasteiger partial charge in [0.05, 0.1) is 24.0 Å². The van der Waals surface area contributed by atoms with Gasteiger partial charge < -0.3 is 5.32 Å². The molecule has 134 valence electrons. The molecule has 1 aliphatic rings. The van der Waals surface area contributed by atoms with Gasteiger partial charge >= 0.3 is 0 Å². The molecule has 1 atom stereocenters. The lowest BCUT2D eigenvalue weighted by molar-refractivity contribution is -0.119. The first-order valence-corrected chi connectivity index (χ1v) is 9.77. The minimum Gasteiger partial charge on any atom is -0.351 e. The van der Waals surface area contributed by atoms with Gasteiger partial charge in [0.2, 0.25) is 5.91 Å². The molecular weight excluding hydrogens is 328 g/mol. The SMILES string of the molecule is CCN(CC)S(=O)(=O)N1CCC[C@H]1c1cccc(CNC(C)=O)n1. The second kappa shape index (κ2) is 8.04. The summed E-state index contributed by atoms with van der Waals surface area (Å²) in [4.78, 5) is 15.6. The average molecular weight is 354 g/mol. The van der Waals surface area contributed by atoms with Crippen LogP contribution in [-0.2, 0) is 21.5 Å². The molecule has 7 nitrogen and oxygen atoms in total. The Balaban J connectivity index is 2.24. The van der Waals surface area contributed by atoms with Crippen LogP contribution in [0.25, 0.3) is 0 Å². The molecule has 0 unspecified atom stereocenters. The van der Waals surface area contributed by atoms with E-state index in [2.05, 4.69) is 10.3 Å². The fourth-order valence-corrected chi connectivity index (χ4v) is 4.85. The number of nitrogens with zero attached hydrogens (tertiary/aromatic N) is 3. The van der Waals surface area contributed by atoms with Gasteiger partial charge in [0.1, 0.15) is 0 Å². The van der Waals surface area contributed by atoms with E-state index in [-0.39, 0.29) is 11.9 Å². The Morgan fingerprint density at radius 1 is 1.38 bits per heavy atom. The second-order valence-electron chi connectivity index (χ2n) is 5.82. The minimum absolute atomic E-state index is 0.117. The maximum atomic E-state index is 12.8. The zero-order valence-corrected chi connectivity index (χ0v) is 15.3. The Hall–Kier alpha value is -1.51. The van der Waals surface area contributed by atoms with Crippen LogP contribution in [0.4, 0.5) is 0 Å². The van der Waals surface area contributed by atoms with Gasteiger partial charge in [0.25, 0.3) is 10.2 Å². The smallest absolute Gasteiger partial charge is 0.282 e. The molecule has 0 aromatic carbocycles. The van der Waals surface area contributed by atoms with Gasteiger partial charge in [0.15, 0.2) is 0 Å². The van der Waals surface area contributed by atoms with E-state index >= 15 is 0 Å². The van der Waals surface area contributed by atoms with Crippen molar-refractivity contribution in [1.82, 2.24) is 18.9 Å². The van der Waals surface area contributed by atoms with E-state index in [1.807, 2.05) is 32.0 Å². The van der Waals surface area contributed by atoms with Crippen LogP contribution in [0.15, 0.2) is 18.2 Å². The molecule has 0 bridgehead atoms. The third-order valence-corrected chi connectivity index (χ3v) is 6.42. The third-order valence-electron chi connectivity index (χ3n) is 4.22. The zero-order chi connectivity index (χ0) is 17.7. The van der Waals surface area contributed by atoms with Crippen molar-refractivity contribution in [2.75, 3.05) is 19.6 Å². The van der Waals surface area contributed by atoms with Crippen LogP contribution in [0.1, 0.15) is 51.0 Å². The molecule has 1 aliphatic heterocycles. The Morgan fingerprint density at radius 2 is 2.08 bits per heavy atom. The van der Waals surface area contributed by atoms with E-state index in [4.69, 9.17) is 0 Å². The number of carbonyl (C=O) groups is 1. The highest BCUT2D eigenvalue weighted by Gasteiger charge is 2.38. The molecule has 1 aromatic rings. The highest BCUT2D eigenvalue weighted by atomic mass is 32.2. The van der Waals surface area contributed by atoms with E-state index in [9.17, 15) is 13.2 Å². The topological polar surface area (TPSA) is 82.6 Å². The van der Waals surface area contributed by atoms with E-state index in [1.54, 1.807) is 4.31 Å². The van der Waals surface area contributed by atoms with Crippen LogP contribution in [0, 0.1) is 0 Å². The van der Waals surface area contributed by atoms with E-state index < -0.39 is 10.2 Å². The molecule has 0 aliphatic carbocycles. The summed E-state index contributed by atoms with van der Waals surface area (Å²) in [5.41, 5.74) is 1.47. The standard InChI is InChI=1S/C16H26N4O3S/c1-4-19(5-2)24(22,23)20-11-7-10-16(20)15-9-6-8-14(18-15)12-17-13(3)21/h6,8-9,16H,4-5,7,10-12H2,1-3H3,(H,17,21)/t16-/m0/s1. The van der Waals surface area contributed by atoms with Crippen molar-refractivity contribution in [2.24, 2.45) is 0 Å². The minimum atomic E-state index is -3.48. The molecule has 1 amide bonds. The lowest BCUT2D eigenvalue weighted by atomic mass is 10.1. The first kappa shape index (κ1) is 18.8. The van der Waals surface area contributed by atoms with Gasteiger partial charge in [-0.1, -0.05) is 19.9 Å². The molecule has 8 heteroatoms. The van der Waals surface area contributed by atoms with Crippen molar-refractivity contribution < 1.29 is 13.2 Å². The third kappa shape index (κ3) is 4.12. The summed E-state index contributed by atoms with van der Waals surface area (Å²) in [5, 5.41) is 2.72. The first-order chi connectivity index (χ1) is 11.4. The van der Waals surface area contributed by atoms with E-state index in [0.717, 1.165) is 24.2 Å². The Bertz CT molecular complexity index is 674. The summed E-state index contributed by atoms with van der Waals surface area (Å²) in [7, 11) is -3.48. The van der Waals surface area contributed by atoms with Gasteiger partial charge in [-0.25, -0.2) is 0 Å². The van der Waals surface area contributed by atoms with Gasteiger partial charge in [-0.2, -0.15) is 17.0 Å². The summed E-state index contributed by atoms with van der Waals surface area (Å²) in [6.45, 7) is 6.92. The number of pyridine rings is 1. The maximum absolute atomic E-state index is 12.8. The Labute approximate surface area is 144 Å². The lowest BCUT2D eigenvalue weighted by Crippen LogP contribution is -2.43. The second-order valence-corrected chi connectivity index (χ2v) is 7.71. The van der Waals surface area contributed by atoms with Gasteiger partial charge in [-0.3, -0.25) is 9.78 Å². The largest absolute Gasteiger partial charge is 0.351 e. The predicted molar refractivity (Wildman–Crippen MR) is 92.3 cm³/mol. The molecule has 0 spiro atoms. The van der Waals surface area contributed by atoms with Crippen molar-refractivity contribution in [3.05, 3.63) is 29.6 Å². The van der Waals surface area contributed by atoms with Crippen LogP contribution in [0.3, 0.4) is 0 Å². The quantitative estimate of drug-likeness (QED) is 0.803. The van der Waals surface area contributed by atoms with Crippen molar-refractivity contribution in [2.45, 2.75) is 46.2 Å². The highest BCUT2D eigenvalue weighted by molar-refractivity contribution is 7.86.